The number of anilines is 1. The molecular formula is C30H43N3O2. The van der Waals surface area contributed by atoms with E-state index in [1.165, 1.54) is 83.5 Å². The van der Waals surface area contributed by atoms with Crippen molar-refractivity contribution >= 4 is 33.6 Å². The Balaban J connectivity index is 1.21. The van der Waals surface area contributed by atoms with Gasteiger partial charge in [-0.25, -0.2) is 4.79 Å². The number of hydrogen-bond donors (Lipinski definition) is 1. The van der Waals surface area contributed by atoms with Gasteiger partial charge in [-0.15, -0.1) is 0 Å². The molecular weight excluding hydrogens is 434 g/mol. The van der Waals surface area contributed by atoms with Gasteiger partial charge in [-0.3, -0.25) is 15.3 Å². The van der Waals surface area contributed by atoms with Gasteiger partial charge in [0, 0.05) is 23.2 Å². The van der Waals surface area contributed by atoms with Crippen molar-refractivity contribution in [2.24, 2.45) is 0 Å². The van der Waals surface area contributed by atoms with E-state index in [1.54, 1.807) is 18.5 Å². The molecule has 0 bridgehead atoms. The van der Waals surface area contributed by atoms with E-state index in [0.29, 0.717) is 12.3 Å². The van der Waals surface area contributed by atoms with E-state index in [4.69, 9.17) is 4.74 Å². The van der Waals surface area contributed by atoms with E-state index in [2.05, 4.69) is 22.2 Å². The van der Waals surface area contributed by atoms with E-state index >= 15 is 0 Å². The van der Waals surface area contributed by atoms with Crippen LogP contribution in [0.5, 0.6) is 0 Å². The molecule has 5 heteroatoms. The third-order valence-corrected chi connectivity index (χ3v) is 6.70. The number of hydrogen-bond acceptors (Lipinski definition) is 4. The molecule has 5 nitrogen and oxygen atoms in total. The number of pyridine rings is 2. The largest absolute Gasteiger partial charge is 0.449 e. The summed E-state index contributed by atoms with van der Waals surface area (Å²) in [5, 5.41) is 4.76. The van der Waals surface area contributed by atoms with E-state index < -0.39 is 6.09 Å². The molecule has 0 radical (unpaired) electrons. The zero-order chi connectivity index (χ0) is 24.6. The van der Waals surface area contributed by atoms with Crippen molar-refractivity contribution in [2.75, 3.05) is 11.9 Å². The van der Waals surface area contributed by atoms with E-state index in [-0.39, 0.29) is 0 Å². The molecule has 1 N–H and O–H groups in total. The fraction of sp³-hybridized carbons (Fsp3) is 0.567. The normalized spacial score (nSPS) is 11.2. The van der Waals surface area contributed by atoms with E-state index in [1.807, 2.05) is 24.3 Å². The minimum absolute atomic E-state index is 0.413. The van der Waals surface area contributed by atoms with Crippen molar-refractivity contribution in [3.05, 3.63) is 42.7 Å². The molecule has 2 heterocycles. The van der Waals surface area contributed by atoms with Crippen molar-refractivity contribution in [3.63, 3.8) is 0 Å². The second-order valence-corrected chi connectivity index (χ2v) is 9.61. The summed E-state index contributed by atoms with van der Waals surface area (Å²) in [6.07, 6.45) is 22.9. The Morgan fingerprint density at radius 3 is 1.97 bits per heavy atom. The number of carbonyl (C=O) groups is 1. The van der Waals surface area contributed by atoms with Gasteiger partial charge in [0.2, 0.25) is 0 Å². The van der Waals surface area contributed by atoms with Gasteiger partial charge in [-0.05, 0) is 24.6 Å². The molecule has 0 aliphatic heterocycles. The van der Waals surface area contributed by atoms with Crippen molar-refractivity contribution in [1.29, 1.82) is 0 Å². The highest BCUT2D eigenvalue weighted by molar-refractivity contribution is 6.09. The first-order valence-electron chi connectivity index (χ1n) is 13.9. The van der Waals surface area contributed by atoms with E-state index in [0.717, 1.165) is 34.6 Å². The summed E-state index contributed by atoms with van der Waals surface area (Å²) in [4.78, 5) is 21.2. The van der Waals surface area contributed by atoms with Crippen molar-refractivity contribution in [3.8, 4) is 0 Å². The highest BCUT2D eigenvalue weighted by atomic mass is 16.5. The van der Waals surface area contributed by atoms with Gasteiger partial charge in [0.15, 0.2) is 0 Å². The van der Waals surface area contributed by atoms with Gasteiger partial charge in [-0.1, -0.05) is 109 Å². The first kappa shape index (κ1) is 26.9. The van der Waals surface area contributed by atoms with Crippen molar-refractivity contribution in [2.45, 2.75) is 103 Å². The van der Waals surface area contributed by atoms with Crippen LogP contribution in [0.4, 0.5) is 10.5 Å². The Labute approximate surface area is 211 Å². The number of amides is 1. The molecule has 1 amide bonds. The van der Waals surface area contributed by atoms with E-state index in [9.17, 15) is 4.79 Å². The smallest absolute Gasteiger partial charge is 0.411 e. The second-order valence-electron chi connectivity index (χ2n) is 9.61. The first-order valence-corrected chi connectivity index (χ1v) is 13.9. The average Bonchev–Trinajstić information content (AvgIpc) is 2.88. The highest BCUT2D eigenvalue weighted by Gasteiger charge is 2.10. The molecule has 3 aromatic rings. The van der Waals surface area contributed by atoms with Crippen LogP contribution in [0.3, 0.4) is 0 Å². The molecule has 3 rings (SSSR count). The molecule has 0 aliphatic carbocycles. The zero-order valence-corrected chi connectivity index (χ0v) is 21.6. The molecule has 0 saturated carbocycles. The number of unbranched alkanes of at least 4 members (excludes halogenated alkanes) is 14. The Kier molecular flexibility index (Phi) is 12.4. The number of benzene rings is 1. The first-order chi connectivity index (χ1) is 17.3. The van der Waals surface area contributed by atoms with Crippen LogP contribution in [0.1, 0.15) is 103 Å². The zero-order valence-electron chi connectivity index (χ0n) is 21.6. The Bertz CT molecular complexity index is 1020. The van der Waals surface area contributed by atoms with Crippen LogP contribution in [0.15, 0.2) is 42.7 Å². The predicted octanol–water partition coefficient (Wildman–Crippen LogP) is 9.20. The number of rotatable bonds is 17. The lowest BCUT2D eigenvalue weighted by molar-refractivity contribution is 0.159. The Hall–Kier alpha value is -2.69. The molecule has 190 valence electrons. The van der Waals surface area contributed by atoms with Gasteiger partial charge in [-0.2, -0.15) is 0 Å². The maximum Gasteiger partial charge on any atom is 0.411 e. The summed E-state index contributed by atoms with van der Waals surface area (Å²) in [6.45, 7) is 2.73. The van der Waals surface area contributed by atoms with Gasteiger partial charge in [0.1, 0.15) is 0 Å². The van der Waals surface area contributed by atoms with Crippen LogP contribution >= 0.6 is 0 Å². The molecule has 2 aromatic heterocycles. The van der Waals surface area contributed by atoms with Crippen molar-refractivity contribution in [1.82, 2.24) is 9.97 Å². The number of nitrogens with one attached hydrogen (secondary N) is 1. The lowest BCUT2D eigenvalue weighted by atomic mass is 10.0. The average molecular weight is 478 g/mol. The quantitative estimate of drug-likeness (QED) is 0.155. The molecule has 0 atom stereocenters. The monoisotopic (exact) mass is 477 g/mol. The summed E-state index contributed by atoms with van der Waals surface area (Å²) in [7, 11) is 0. The van der Waals surface area contributed by atoms with Crippen LogP contribution in [-0.4, -0.2) is 22.7 Å². The third-order valence-electron chi connectivity index (χ3n) is 6.70. The number of carbonyl (C=O) groups excluding carboxylic acids is 1. The Morgan fingerprint density at radius 1 is 0.714 bits per heavy atom. The summed E-state index contributed by atoms with van der Waals surface area (Å²) in [5.41, 5.74) is 2.31. The topological polar surface area (TPSA) is 64.1 Å². The minimum Gasteiger partial charge on any atom is -0.449 e. The maximum atomic E-state index is 12.3. The van der Waals surface area contributed by atoms with Crippen LogP contribution in [0, 0.1) is 0 Å². The summed E-state index contributed by atoms with van der Waals surface area (Å²) < 4.78 is 5.41. The molecule has 1 aromatic carbocycles. The molecule has 0 aliphatic rings. The van der Waals surface area contributed by atoms with Gasteiger partial charge in [0.05, 0.1) is 23.3 Å². The lowest BCUT2D eigenvalue weighted by Crippen LogP contribution is -2.14. The fourth-order valence-corrected chi connectivity index (χ4v) is 4.65. The molecule has 0 unspecified atom stereocenters. The SMILES string of the molecule is CCCCCCCCCCCCCCCCCOC(=O)Nc1ccnc2c1ccc1cccnc12. The van der Waals surface area contributed by atoms with Crippen LogP contribution < -0.4 is 5.32 Å². The van der Waals surface area contributed by atoms with Crippen LogP contribution in [0.25, 0.3) is 21.8 Å². The predicted molar refractivity (Wildman–Crippen MR) is 147 cm³/mol. The Morgan fingerprint density at radius 2 is 1.31 bits per heavy atom. The van der Waals surface area contributed by atoms with Crippen molar-refractivity contribution < 1.29 is 9.53 Å². The molecule has 0 spiro atoms. The van der Waals surface area contributed by atoms with Gasteiger partial charge >= 0.3 is 6.09 Å². The summed E-state index contributed by atoms with van der Waals surface area (Å²) >= 11 is 0. The second kappa shape index (κ2) is 16.1. The molecule has 0 saturated heterocycles. The summed E-state index contributed by atoms with van der Waals surface area (Å²) in [6, 6.07) is 9.68. The third kappa shape index (κ3) is 9.46. The summed E-state index contributed by atoms with van der Waals surface area (Å²) in [5.74, 6) is 0. The number of aromatic nitrogens is 2. The highest BCUT2D eigenvalue weighted by Crippen LogP contribution is 2.27. The van der Waals surface area contributed by atoms with Gasteiger partial charge < -0.3 is 4.74 Å². The minimum atomic E-state index is -0.413. The number of ether oxygens (including phenoxy) is 1. The molecule has 0 fully saturated rings. The maximum absolute atomic E-state index is 12.3. The standard InChI is InChI=1S/C30H43N3O2/c1-2-3-4-5-6-7-8-9-10-11-12-13-14-15-16-24-35-30(34)33-27-21-23-32-29-26(27)20-19-25-18-17-22-31-28(25)29/h17-23H,2-16,24H2,1H3,(H,32,33,34). The van der Waals surface area contributed by atoms with Crippen LogP contribution in [0.2, 0.25) is 0 Å². The van der Waals surface area contributed by atoms with Gasteiger partial charge in [0.25, 0.3) is 0 Å². The molecule has 35 heavy (non-hydrogen) atoms. The number of nitrogens with zero attached hydrogens (tertiary/aromatic N) is 2. The van der Waals surface area contributed by atoms with Crippen LogP contribution in [-0.2, 0) is 4.74 Å². The number of fused-ring (bicyclic) bond motifs is 3. The fourth-order valence-electron chi connectivity index (χ4n) is 4.65. The lowest BCUT2D eigenvalue weighted by Gasteiger charge is -2.10.